The van der Waals surface area contributed by atoms with Crippen LogP contribution in [0, 0.1) is 0 Å². The molecular formula is C22H28N4O3. The van der Waals surface area contributed by atoms with Crippen LogP contribution in [0.25, 0.3) is 0 Å². The third-order valence-corrected chi connectivity index (χ3v) is 4.99. The average molecular weight is 396 g/mol. The Labute approximate surface area is 171 Å². The van der Waals surface area contributed by atoms with Crippen LogP contribution >= 0.6 is 0 Å². The number of ether oxygens (including phenoxy) is 1. The first-order valence-corrected chi connectivity index (χ1v) is 9.91. The van der Waals surface area contributed by atoms with Gasteiger partial charge in [0.15, 0.2) is 0 Å². The van der Waals surface area contributed by atoms with E-state index in [1.807, 2.05) is 29.2 Å². The highest BCUT2D eigenvalue weighted by molar-refractivity contribution is 5.94. The van der Waals surface area contributed by atoms with Gasteiger partial charge in [0.25, 0.3) is 5.91 Å². The van der Waals surface area contributed by atoms with Gasteiger partial charge in [-0.15, -0.1) is 0 Å². The Morgan fingerprint density at radius 3 is 2.45 bits per heavy atom. The first kappa shape index (κ1) is 21.0. The minimum atomic E-state index is -0.000113. The number of carbonyl (C=O) groups excluding carboxylic acids is 2. The number of rotatable bonds is 7. The summed E-state index contributed by atoms with van der Waals surface area (Å²) in [7, 11) is 1.67. The van der Waals surface area contributed by atoms with E-state index in [2.05, 4.69) is 15.2 Å². The summed E-state index contributed by atoms with van der Waals surface area (Å²) >= 11 is 0. The molecule has 29 heavy (non-hydrogen) atoms. The Balaban J connectivity index is 1.43. The lowest BCUT2D eigenvalue weighted by Crippen LogP contribution is -2.39. The molecule has 0 unspecified atom stereocenters. The zero-order chi connectivity index (χ0) is 20.5. The molecule has 1 saturated heterocycles. The topological polar surface area (TPSA) is 74.8 Å². The Hall–Kier alpha value is -2.77. The molecule has 0 spiro atoms. The van der Waals surface area contributed by atoms with E-state index in [4.69, 9.17) is 4.74 Å². The molecule has 2 amide bonds. The molecule has 2 aromatic rings. The van der Waals surface area contributed by atoms with Gasteiger partial charge >= 0.3 is 0 Å². The molecule has 0 aliphatic carbocycles. The van der Waals surface area contributed by atoms with E-state index >= 15 is 0 Å². The smallest absolute Gasteiger partial charge is 0.254 e. The van der Waals surface area contributed by atoms with Crippen LogP contribution in [0.2, 0.25) is 0 Å². The van der Waals surface area contributed by atoms with Crippen LogP contribution in [0.5, 0.6) is 0 Å². The molecule has 1 N–H and O–H groups in total. The molecule has 0 saturated carbocycles. The van der Waals surface area contributed by atoms with E-state index in [1.54, 1.807) is 31.6 Å². The Kier molecular flexibility index (Phi) is 7.72. The lowest BCUT2D eigenvalue weighted by atomic mass is 10.1. The third kappa shape index (κ3) is 6.37. The minimum absolute atomic E-state index is 0.000113. The standard InChI is InChI=1S/C22H28N4O3/c1-29-17-19-5-3-18(4-6-19)15-24-21(27)16-25-11-2-12-26(14-13-25)22(28)20-7-9-23-10-8-20/h3-10H,2,11-17H2,1H3,(H,24,27). The number of benzene rings is 1. The molecule has 7 nitrogen and oxygen atoms in total. The fourth-order valence-corrected chi connectivity index (χ4v) is 3.39. The third-order valence-electron chi connectivity index (χ3n) is 4.99. The molecule has 1 aliphatic heterocycles. The largest absolute Gasteiger partial charge is 0.380 e. The average Bonchev–Trinajstić information content (AvgIpc) is 2.99. The summed E-state index contributed by atoms with van der Waals surface area (Å²) in [5, 5.41) is 2.98. The zero-order valence-corrected chi connectivity index (χ0v) is 16.8. The van der Waals surface area contributed by atoms with Gasteiger partial charge in [0.05, 0.1) is 13.2 Å². The van der Waals surface area contributed by atoms with Gasteiger partial charge in [-0.25, -0.2) is 0 Å². The zero-order valence-electron chi connectivity index (χ0n) is 16.8. The van der Waals surface area contributed by atoms with E-state index < -0.39 is 0 Å². The Bertz CT molecular complexity index is 795. The predicted molar refractivity (Wildman–Crippen MR) is 110 cm³/mol. The molecule has 0 radical (unpaired) electrons. The molecule has 1 aromatic heterocycles. The van der Waals surface area contributed by atoms with Crippen molar-refractivity contribution in [1.29, 1.82) is 0 Å². The maximum Gasteiger partial charge on any atom is 0.254 e. The molecule has 2 heterocycles. The van der Waals surface area contributed by atoms with E-state index in [0.717, 1.165) is 24.1 Å². The number of methoxy groups -OCH3 is 1. The van der Waals surface area contributed by atoms with Crippen molar-refractivity contribution < 1.29 is 14.3 Å². The summed E-state index contributed by atoms with van der Waals surface area (Å²) in [6, 6.07) is 11.5. The number of nitrogens with zero attached hydrogens (tertiary/aromatic N) is 3. The lowest BCUT2D eigenvalue weighted by molar-refractivity contribution is -0.122. The van der Waals surface area contributed by atoms with Gasteiger partial charge in [-0.05, 0) is 29.7 Å². The number of amides is 2. The van der Waals surface area contributed by atoms with E-state index in [9.17, 15) is 9.59 Å². The summed E-state index contributed by atoms with van der Waals surface area (Å²) < 4.78 is 5.11. The molecule has 1 aliphatic rings. The van der Waals surface area contributed by atoms with Crippen LogP contribution in [-0.2, 0) is 22.7 Å². The highest BCUT2D eigenvalue weighted by Crippen LogP contribution is 2.09. The van der Waals surface area contributed by atoms with Crippen molar-refractivity contribution in [2.45, 2.75) is 19.6 Å². The maximum absolute atomic E-state index is 12.6. The quantitative estimate of drug-likeness (QED) is 0.771. The fourth-order valence-electron chi connectivity index (χ4n) is 3.39. The van der Waals surface area contributed by atoms with Gasteiger partial charge in [-0.1, -0.05) is 24.3 Å². The first-order valence-electron chi connectivity index (χ1n) is 9.91. The van der Waals surface area contributed by atoms with Gasteiger partial charge in [-0.3, -0.25) is 19.5 Å². The van der Waals surface area contributed by atoms with Crippen LogP contribution < -0.4 is 5.32 Å². The molecule has 154 valence electrons. The number of hydrogen-bond acceptors (Lipinski definition) is 5. The van der Waals surface area contributed by atoms with E-state index in [0.29, 0.717) is 44.9 Å². The van der Waals surface area contributed by atoms with Crippen molar-refractivity contribution >= 4 is 11.8 Å². The summed E-state index contributed by atoms with van der Waals surface area (Å²) in [5.41, 5.74) is 2.82. The molecule has 1 aromatic carbocycles. The first-order chi connectivity index (χ1) is 14.2. The van der Waals surface area contributed by atoms with Gasteiger partial charge in [0, 0.05) is 57.8 Å². The molecule has 0 atom stereocenters. The van der Waals surface area contributed by atoms with Crippen LogP contribution in [0.4, 0.5) is 0 Å². The van der Waals surface area contributed by atoms with Crippen LogP contribution in [0.3, 0.4) is 0 Å². The summed E-state index contributed by atoms with van der Waals surface area (Å²) in [6.45, 7) is 4.26. The predicted octanol–water partition coefficient (Wildman–Crippen LogP) is 1.69. The number of nitrogens with one attached hydrogen (secondary N) is 1. The van der Waals surface area contributed by atoms with Crippen molar-refractivity contribution in [3.05, 3.63) is 65.5 Å². The molecular weight excluding hydrogens is 368 g/mol. The van der Waals surface area contributed by atoms with Crippen molar-refractivity contribution in [2.24, 2.45) is 0 Å². The second-order valence-corrected chi connectivity index (χ2v) is 7.18. The number of carbonyl (C=O) groups is 2. The molecule has 0 bridgehead atoms. The monoisotopic (exact) mass is 396 g/mol. The minimum Gasteiger partial charge on any atom is -0.380 e. The van der Waals surface area contributed by atoms with Crippen LogP contribution in [0.1, 0.15) is 27.9 Å². The van der Waals surface area contributed by atoms with Crippen molar-refractivity contribution in [1.82, 2.24) is 20.1 Å². The molecule has 1 fully saturated rings. The Morgan fingerprint density at radius 1 is 1.00 bits per heavy atom. The van der Waals surface area contributed by atoms with Gasteiger partial charge in [0.2, 0.25) is 5.91 Å². The summed E-state index contributed by atoms with van der Waals surface area (Å²) in [5.74, 6) is 0.0236. The van der Waals surface area contributed by atoms with Gasteiger partial charge < -0.3 is 15.0 Å². The van der Waals surface area contributed by atoms with Crippen LogP contribution in [-0.4, -0.2) is 66.4 Å². The van der Waals surface area contributed by atoms with Gasteiger partial charge in [0.1, 0.15) is 0 Å². The van der Waals surface area contributed by atoms with E-state index in [1.165, 1.54) is 0 Å². The molecule has 7 heteroatoms. The van der Waals surface area contributed by atoms with Crippen LogP contribution in [0.15, 0.2) is 48.8 Å². The number of hydrogen-bond donors (Lipinski definition) is 1. The number of aromatic nitrogens is 1. The highest BCUT2D eigenvalue weighted by atomic mass is 16.5. The second-order valence-electron chi connectivity index (χ2n) is 7.18. The SMILES string of the molecule is COCc1ccc(CNC(=O)CN2CCCN(C(=O)c3ccncc3)CC2)cc1. The summed E-state index contributed by atoms with van der Waals surface area (Å²) in [6.07, 6.45) is 4.12. The number of pyridine rings is 1. The normalized spacial score (nSPS) is 15.0. The van der Waals surface area contributed by atoms with E-state index in [-0.39, 0.29) is 11.8 Å². The van der Waals surface area contributed by atoms with Gasteiger partial charge in [-0.2, -0.15) is 0 Å². The highest BCUT2D eigenvalue weighted by Gasteiger charge is 2.21. The van der Waals surface area contributed by atoms with Crippen molar-refractivity contribution in [3.63, 3.8) is 0 Å². The van der Waals surface area contributed by atoms with Crippen molar-refractivity contribution in [2.75, 3.05) is 39.8 Å². The maximum atomic E-state index is 12.6. The summed E-state index contributed by atoms with van der Waals surface area (Å²) in [4.78, 5) is 32.9. The van der Waals surface area contributed by atoms with Crippen molar-refractivity contribution in [3.8, 4) is 0 Å². The lowest BCUT2D eigenvalue weighted by Gasteiger charge is -2.21. The molecule has 3 rings (SSSR count). The second kappa shape index (κ2) is 10.7. The Morgan fingerprint density at radius 2 is 1.72 bits per heavy atom. The fraction of sp³-hybridized carbons (Fsp3) is 0.409.